The van der Waals surface area contributed by atoms with Gasteiger partial charge in [0.1, 0.15) is 5.56 Å². The number of hydrogen-bond acceptors (Lipinski definition) is 3. The number of aromatic nitrogens is 1. The fourth-order valence-corrected chi connectivity index (χ4v) is 1.86. The summed E-state index contributed by atoms with van der Waals surface area (Å²) in [7, 11) is 1.13. The van der Waals surface area contributed by atoms with Crippen molar-refractivity contribution in [2.24, 2.45) is 5.73 Å². The highest BCUT2D eigenvalue weighted by Gasteiger charge is 2.39. The molecule has 0 bridgehead atoms. The summed E-state index contributed by atoms with van der Waals surface area (Å²) in [6.45, 7) is 0. The summed E-state index contributed by atoms with van der Waals surface area (Å²) in [5.74, 6) is -1.67. The topological polar surface area (TPSA) is 65.2 Å². The van der Waals surface area contributed by atoms with Crippen molar-refractivity contribution in [3.63, 3.8) is 0 Å². The molecule has 7 heteroatoms. The van der Waals surface area contributed by atoms with Crippen LogP contribution in [0.15, 0.2) is 24.3 Å². The quantitative estimate of drug-likeness (QED) is 0.911. The molecule has 100 valence electrons. The van der Waals surface area contributed by atoms with E-state index < -0.39 is 29.1 Å². The van der Waals surface area contributed by atoms with Crippen LogP contribution in [0.1, 0.15) is 15.9 Å². The number of fused-ring (bicyclic) bond motifs is 1. The van der Waals surface area contributed by atoms with Gasteiger partial charge in [0.2, 0.25) is 5.88 Å². The van der Waals surface area contributed by atoms with Crippen LogP contribution < -0.4 is 10.5 Å². The molecule has 2 aromatic rings. The SMILES string of the molecule is COc1nc2ccccc2c(C(F)(F)F)c1C(N)=O. The van der Waals surface area contributed by atoms with Crippen LogP contribution in [-0.2, 0) is 6.18 Å². The van der Waals surface area contributed by atoms with Crippen LogP contribution >= 0.6 is 0 Å². The number of rotatable bonds is 2. The fourth-order valence-electron chi connectivity index (χ4n) is 1.86. The number of ether oxygens (including phenoxy) is 1. The Labute approximate surface area is 106 Å². The van der Waals surface area contributed by atoms with Crippen LogP contribution in [0.5, 0.6) is 5.88 Å². The zero-order valence-electron chi connectivity index (χ0n) is 9.78. The van der Waals surface area contributed by atoms with Gasteiger partial charge < -0.3 is 10.5 Å². The van der Waals surface area contributed by atoms with Gasteiger partial charge >= 0.3 is 6.18 Å². The van der Waals surface area contributed by atoms with Crippen molar-refractivity contribution in [3.8, 4) is 5.88 Å². The first-order valence-electron chi connectivity index (χ1n) is 5.20. The van der Waals surface area contributed by atoms with E-state index in [4.69, 9.17) is 10.5 Å². The van der Waals surface area contributed by atoms with Crippen LogP contribution in [0.4, 0.5) is 13.2 Å². The van der Waals surface area contributed by atoms with Gasteiger partial charge in [-0.3, -0.25) is 4.79 Å². The summed E-state index contributed by atoms with van der Waals surface area (Å²) in [5.41, 5.74) is 3.22. The zero-order valence-corrected chi connectivity index (χ0v) is 9.78. The molecule has 0 aliphatic carbocycles. The molecule has 1 aromatic carbocycles. The Balaban J connectivity index is 2.99. The van der Waals surface area contributed by atoms with Crippen LogP contribution in [0, 0.1) is 0 Å². The predicted molar refractivity (Wildman–Crippen MR) is 61.8 cm³/mol. The summed E-state index contributed by atoms with van der Waals surface area (Å²) in [6.07, 6.45) is -4.74. The lowest BCUT2D eigenvalue weighted by atomic mass is 10.0. The van der Waals surface area contributed by atoms with Gasteiger partial charge in [-0.1, -0.05) is 18.2 Å². The first-order chi connectivity index (χ1) is 8.86. The average molecular weight is 270 g/mol. The molecule has 0 unspecified atom stereocenters. The number of nitrogens with zero attached hydrogens (tertiary/aromatic N) is 1. The second kappa shape index (κ2) is 4.42. The zero-order chi connectivity index (χ0) is 14.2. The second-order valence-electron chi connectivity index (χ2n) is 3.75. The molecule has 19 heavy (non-hydrogen) atoms. The van der Waals surface area contributed by atoms with Gasteiger partial charge in [0.05, 0.1) is 18.2 Å². The summed E-state index contributed by atoms with van der Waals surface area (Å²) < 4.78 is 44.2. The first kappa shape index (κ1) is 13.1. The number of alkyl halides is 3. The van der Waals surface area contributed by atoms with E-state index in [2.05, 4.69) is 4.98 Å². The van der Waals surface area contributed by atoms with E-state index in [1.165, 1.54) is 18.2 Å². The van der Waals surface area contributed by atoms with Crippen molar-refractivity contribution < 1.29 is 22.7 Å². The number of amides is 1. The van der Waals surface area contributed by atoms with Crippen molar-refractivity contribution in [1.82, 2.24) is 4.98 Å². The van der Waals surface area contributed by atoms with E-state index in [0.29, 0.717) is 0 Å². The lowest BCUT2D eigenvalue weighted by molar-refractivity contribution is -0.136. The molecule has 0 radical (unpaired) electrons. The number of benzene rings is 1. The average Bonchev–Trinajstić information content (AvgIpc) is 2.34. The number of primary amides is 1. The number of methoxy groups -OCH3 is 1. The molecule has 0 saturated carbocycles. The second-order valence-corrected chi connectivity index (χ2v) is 3.75. The molecule has 4 nitrogen and oxygen atoms in total. The number of para-hydroxylation sites is 1. The highest BCUT2D eigenvalue weighted by atomic mass is 19.4. The summed E-state index contributed by atoms with van der Waals surface area (Å²) in [6, 6.07) is 5.60. The third kappa shape index (κ3) is 2.18. The molecule has 2 rings (SSSR count). The van der Waals surface area contributed by atoms with Crippen LogP contribution in [0.25, 0.3) is 10.9 Å². The van der Waals surface area contributed by atoms with Crippen molar-refractivity contribution in [2.75, 3.05) is 7.11 Å². The third-order valence-electron chi connectivity index (χ3n) is 2.58. The van der Waals surface area contributed by atoms with Crippen molar-refractivity contribution in [3.05, 3.63) is 35.4 Å². The smallest absolute Gasteiger partial charge is 0.418 e. The molecule has 0 saturated heterocycles. The minimum absolute atomic E-state index is 0.0803. The maximum Gasteiger partial charge on any atom is 0.418 e. The lowest BCUT2D eigenvalue weighted by Crippen LogP contribution is -2.21. The molecule has 0 fully saturated rings. The third-order valence-corrected chi connectivity index (χ3v) is 2.58. The summed E-state index contributed by atoms with van der Waals surface area (Å²) >= 11 is 0. The van der Waals surface area contributed by atoms with Gasteiger partial charge in [-0.15, -0.1) is 0 Å². The van der Waals surface area contributed by atoms with Crippen LogP contribution in [0.2, 0.25) is 0 Å². The van der Waals surface area contributed by atoms with Crippen molar-refractivity contribution in [1.29, 1.82) is 0 Å². The van der Waals surface area contributed by atoms with Crippen LogP contribution in [-0.4, -0.2) is 18.0 Å². The number of carbonyl (C=O) groups is 1. The van der Waals surface area contributed by atoms with E-state index in [-0.39, 0.29) is 10.9 Å². The highest BCUT2D eigenvalue weighted by Crippen LogP contribution is 2.39. The Morgan fingerprint density at radius 3 is 2.47 bits per heavy atom. The summed E-state index contributed by atoms with van der Waals surface area (Å²) in [5, 5.41) is -0.190. The molecular weight excluding hydrogens is 261 g/mol. The molecule has 0 aliphatic rings. The van der Waals surface area contributed by atoms with Crippen molar-refractivity contribution in [2.45, 2.75) is 6.18 Å². The minimum Gasteiger partial charge on any atom is -0.480 e. The molecular formula is C12H9F3N2O2. The largest absolute Gasteiger partial charge is 0.480 e. The standard InChI is InChI=1S/C12H9F3N2O2/c1-19-11-8(10(16)18)9(12(13,14)15)6-4-2-3-5-7(6)17-11/h2-5H,1H3,(H2,16,18). The Kier molecular flexibility index (Phi) is 3.05. The lowest BCUT2D eigenvalue weighted by Gasteiger charge is -2.16. The van der Waals surface area contributed by atoms with Gasteiger partial charge in [0, 0.05) is 5.39 Å². The monoisotopic (exact) mass is 270 g/mol. The molecule has 1 heterocycles. The van der Waals surface area contributed by atoms with Gasteiger partial charge in [-0.05, 0) is 6.07 Å². The van der Waals surface area contributed by atoms with E-state index in [1.807, 2.05) is 0 Å². The maximum absolute atomic E-state index is 13.2. The number of pyridine rings is 1. The maximum atomic E-state index is 13.2. The number of halogens is 3. The van der Waals surface area contributed by atoms with E-state index >= 15 is 0 Å². The van der Waals surface area contributed by atoms with Crippen molar-refractivity contribution >= 4 is 16.8 Å². The Bertz CT molecular complexity index is 653. The van der Waals surface area contributed by atoms with Crippen LogP contribution in [0.3, 0.4) is 0 Å². The fraction of sp³-hybridized carbons (Fsp3) is 0.167. The summed E-state index contributed by atoms with van der Waals surface area (Å²) in [4.78, 5) is 15.2. The Morgan fingerprint density at radius 2 is 1.95 bits per heavy atom. The molecule has 0 spiro atoms. The molecule has 0 atom stereocenters. The normalized spacial score (nSPS) is 11.6. The molecule has 2 N–H and O–H groups in total. The molecule has 1 amide bonds. The number of nitrogens with two attached hydrogens (primary N) is 1. The van der Waals surface area contributed by atoms with Gasteiger partial charge in [-0.2, -0.15) is 13.2 Å². The Hall–Kier alpha value is -2.31. The van der Waals surface area contributed by atoms with E-state index in [1.54, 1.807) is 6.07 Å². The molecule has 0 aliphatic heterocycles. The van der Waals surface area contributed by atoms with E-state index in [0.717, 1.165) is 7.11 Å². The number of hydrogen-bond donors (Lipinski definition) is 1. The van der Waals surface area contributed by atoms with E-state index in [9.17, 15) is 18.0 Å². The minimum atomic E-state index is -4.74. The first-order valence-corrected chi connectivity index (χ1v) is 5.20. The highest BCUT2D eigenvalue weighted by molar-refractivity contribution is 6.02. The number of carbonyl (C=O) groups excluding carboxylic acids is 1. The van der Waals surface area contributed by atoms with Gasteiger partial charge in [0.15, 0.2) is 0 Å². The predicted octanol–water partition coefficient (Wildman–Crippen LogP) is 2.36. The van der Waals surface area contributed by atoms with Gasteiger partial charge in [-0.25, -0.2) is 4.98 Å². The Morgan fingerprint density at radius 1 is 1.32 bits per heavy atom. The van der Waals surface area contributed by atoms with Gasteiger partial charge in [0.25, 0.3) is 5.91 Å². The molecule has 1 aromatic heterocycles.